The van der Waals surface area contributed by atoms with Crippen molar-refractivity contribution in [2.75, 3.05) is 29.9 Å². The molecule has 4 rings (SSSR count). The van der Waals surface area contributed by atoms with Gasteiger partial charge in [-0.2, -0.15) is 4.31 Å². The van der Waals surface area contributed by atoms with Gasteiger partial charge in [-0.1, -0.05) is 35.3 Å². The van der Waals surface area contributed by atoms with Crippen molar-refractivity contribution in [1.29, 1.82) is 0 Å². The number of amides is 1. The lowest BCUT2D eigenvalue weighted by atomic mass is 10.1. The summed E-state index contributed by atoms with van der Waals surface area (Å²) in [7, 11) is -4.17. The van der Waals surface area contributed by atoms with Crippen LogP contribution in [0, 0.1) is 12.7 Å². The van der Waals surface area contributed by atoms with E-state index in [4.69, 9.17) is 23.2 Å². The molecule has 0 bridgehead atoms. The Morgan fingerprint density at radius 1 is 1.03 bits per heavy atom. The van der Waals surface area contributed by atoms with Gasteiger partial charge in [-0.05, 0) is 67.9 Å². The third-order valence-electron chi connectivity index (χ3n) is 5.91. The Morgan fingerprint density at radius 2 is 1.80 bits per heavy atom. The molecule has 1 N–H and O–H groups in total. The highest BCUT2D eigenvalue weighted by atomic mass is 35.5. The van der Waals surface area contributed by atoms with Gasteiger partial charge in [0.05, 0.1) is 10.0 Å². The van der Waals surface area contributed by atoms with Gasteiger partial charge in [0.15, 0.2) is 0 Å². The van der Waals surface area contributed by atoms with Crippen LogP contribution in [0.2, 0.25) is 10.0 Å². The number of nitrogens with one attached hydrogen (secondary N) is 1. The maximum Gasteiger partial charge on any atom is 0.255 e. The minimum Gasteiger partial charge on any atom is -0.366 e. The average molecular weight is 536 g/mol. The minimum atomic E-state index is -4.17. The Labute approximate surface area is 214 Å². The van der Waals surface area contributed by atoms with Gasteiger partial charge >= 0.3 is 0 Å². The van der Waals surface area contributed by atoms with Gasteiger partial charge in [-0.3, -0.25) is 4.79 Å². The average Bonchev–Trinajstić information content (AvgIpc) is 2.81. The molecule has 184 valence electrons. The summed E-state index contributed by atoms with van der Waals surface area (Å²) in [5.74, 6) is -1.51. The largest absolute Gasteiger partial charge is 0.366 e. The topological polar surface area (TPSA) is 69.7 Å². The number of carbonyl (C=O) groups excluding carboxylic acids is 1. The van der Waals surface area contributed by atoms with E-state index >= 15 is 0 Å². The van der Waals surface area contributed by atoms with E-state index in [2.05, 4.69) is 16.3 Å². The van der Waals surface area contributed by atoms with Crippen LogP contribution in [0.15, 0.2) is 65.6 Å². The Hall–Kier alpha value is -2.65. The molecule has 1 aliphatic rings. The second-order valence-corrected chi connectivity index (χ2v) is 11.2. The summed E-state index contributed by atoms with van der Waals surface area (Å²) in [4.78, 5) is 14.3. The molecule has 1 saturated heterocycles. The van der Waals surface area contributed by atoms with Gasteiger partial charge in [0.1, 0.15) is 10.7 Å². The van der Waals surface area contributed by atoms with E-state index < -0.39 is 26.6 Å². The summed E-state index contributed by atoms with van der Waals surface area (Å²) in [5, 5.41) is 3.21. The van der Waals surface area contributed by atoms with Crippen LogP contribution in [-0.2, 0) is 10.0 Å². The highest BCUT2D eigenvalue weighted by molar-refractivity contribution is 7.89. The Balaban J connectivity index is 1.54. The first-order chi connectivity index (χ1) is 16.6. The van der Waals surface area contributed by atoms with Crippen molar-refractivity contribution in [3.05, 3.63) is 87.7 Å². The zero-order valence-electron chi connectivity index (χ0n) is 19.1. The van der Waals surface area contributed by atoms with Crippen LogP contribution in [0.5, 0.6) is 0 Å². The lowest BCUT2D eigenvalue weighted by Gasteiger charge is -2.40. The van der Waals surface area contributed by atoms with Gasteiger partial charge in [-0.25, -0.2) is 12.8 Å². The normalized spacial score (nSPS) is 16.8. The smallest absolute Gasteiger partial charge is 0.255 e. The summed E-state index contributed by atoms with van der Waals surface area (Å²) in [6, 6.07) is 15.7. The van der Waals surface area contributed by atoms with Crippen LogP contribution in [0.4, 0.5) is 15.8 Å². The fourth-order valence-corrected chi connectivity index (χ4v) is 5.99. The number of sulfonamides is 1. The third kappa shape index (κ3) is 5.46. The summed E-state index contributed by atoms with van der Waals surface area (Å²) in [6.45, 7) is 4.78. The molecule has 0 spiro atoms. The molecule has 1 atom stereocenters. The lowest BCUT2D eigenvalue weighted by molar-refractivity contribution is 0.102. The van der Waals surface area contributed by atoms with Crippen molar-refractivity contribution in [3.8, 4) is 0 Å². The van der Waals surface area contributed by atoms with Crippen molar-refractivity contribution in [3.63, 3.8) is 0 Å². The summed E-state index contributed by atoms with van der Waals surface area (Å²) in [5.41, 5.74) is 2.51. The molecule has 1 amide bonds. The second-order valence-electron chi connectivity index (χ2n) is 8.47. The molecule has 0 saturated carbocycles. The van der Waals surface area contributed by atoms with Crippen molar-refractivity contribution in [2.24, 2.45) is 0 Å². The molecule has 1 heterocycles. The standard InChI is InChI=1S/C25H24Cl2FN3O3S/c1-16-4-3-5-20(12-16)31-11-10-30(15-17(31)2)35(33,34)24-13-18(6-9-23(24)28)25(32)29-19-7-8-21(26)22(27)14-19/h3-9,12-14,17H,10-11,15H2,1-2H3,(H,29,32)/t17-/m1/s1. The van der Waals surface area contributed by atoms with Crippen molar-refractivity contribution < 1.29 is 17.6 Å². The van der Waals surface area contributed by atoms with E-state index in [1.54, 1.807) is 6.07 Å². The van der Waals surface area contributed by atoms with Gasteiger partial charge in [0.2, 0.25) is 10.0 Å². The number of halogens is 3. The zero-order valence-corrected chi connectivity index (χ0v) is 21.5. The molecule has 0 aromatic heterocycles. The quantitative estimate of drug-likeness (QED) is 0.462. The van der Waals surface area contributed by atoms with Crippen LogP contribution in [-0.4, -0.2) is 44.3 Å². The molecular weight excluding hydrogens is 512 g/mol. The number of aryl methyl sites for hydroxylation is 1. The van der Waals surface area contributed by atoms with E-state index in [9.17, 15) is 17.6 Å². The molecule has 10 heteroatoms. The predicted octanol–water partition coefficient (Wildman–Crippen LogP) is 5.59. The van der Waals surface area contributed by atoms with E-state index in [0.29, 0.717) is 17.3 Å². The van der Waals surface area contributed by atoms with Crippen LogP contribution in [0.3, 0.4) is 0 Å². The number of hydrogen-bond acceptors (Lipinski definition) is 4. The summed E-state index contributed by atoms with van der Waals surface area (Å²) < 4.78 is 42.7. The number of rotatable bonds is 5. The summed E-state index contributed by atoms with van der Waals surface area (Å²) >= 11 is 11.9. The predicted molar refractivity (Wildman–Crippen MR) is 138 cm³/mol. The van der Waals surface area contributed by atoms with Crippen molar-refractivity contribution in [1.82, 2.24) is 4.31 Å². The number of benzene rings is 3. The minimum absolute atomic E-state index is 0.00231. The van der Waals surface area contributed by atoms with Crippen LogP contribution >= 0.6 is 23.2 Å². The number of anilines is 2. The molecule has 3 aromatic carbocycles. The molecular formula is C25H24Cl2FN3O3S. The molecule has 6 nitrogen and oxygen atoms in total. The van der Waals surface area contributed by atoms with Crippen LogP contribution in [0.25, 0.3) is 0 Å². The first-order valence-corrected chi connectivity index (χ1v) is 13.2. The Bertz CT molecular complexity index is 1380. The molecule has 35 heavy (non-hydrogen) atoms. The fourth-order valence-electron chi connectivity index (χ4n) is 4.09. The van der Waals surface area contributed by atoms with Gasteiger partial charge in [-0.15, -0.1) is 0 Å². The van der Waals surface area contributed by atoms with E-state index in [0.717, 1.165) is 23.4 Å². The van der Waals surface area contributed by atoms with Gasteiger partial charge in [0, 0.05) is 42.6 Å². The van der Waals surface area contributed by atoms with E-state index in [1.807, 2.05) is 32.0 Å². The maximum absolute atomic E-state index is 14.7. The third-order valence-corrected chi connectivity index (χ3v) is 8.53. The molecule has 0 unspecified atom stereocenters. The molecule has 0 radical (unpaired) electrons. The highest BCUT2D eigenvalue weighted by Crippen LogP contribution is 2.28. The van der Waals surface area contributed by atoms with Gasteiger partial charge in [0.25, 0.3) is 5.91 Å². The van der Waals surface area contributed by atoms with Crippen molar-refractivity contribution >= 4 is 50.5 Å². The van der Waals surface area contributed by atoms with Gasteiger partial charge < -0.3 is 10.2 Å². The van der Waals surface area contributed by atoms with Crippen molar-refractivity contribution in [2.45, 2.75) is 24.8 Å². The maximum atomic E-state index is 14.7. The number of nitrogens with zero attached hydrogens (tertiary/aromatic N) is 2. The molecule has 1 aliphatic heterocycles. The number of carbonyl (C=O) groups is 1. The Morgan fingerprint density at radius 3 is 2.49 bits per heavy atom. The number of piperazine rings is 1. The monoisotopic (exact) mass is 535 g/mol. The molecule has 3 aromatic rings. The van der Waals surface area contributed by atoms with Crippen LogP contribution in [0.1, 0.15) is 22.8 Å². The highest BCUT2D eigenvalue weighted by Gasteiger charge is 2.34. The van der Waals surface area contributed by atoms with E-state index in [1.165, 1.54) is 22.5 Å². The molecule has 1 fully saturated rings. The first kappa shape index (κ1) is 25.4. The first-order valence-electron chi connectivity index (χ1n) is 11.0. The number of hydrogen-bond donors (Lipinski definition) is 1. The Kier molecular flexibility index (Phi) is 7.38. The summed E-state index contributed by atoms with van der Waals surface area (Å²) in [6.07, 6.45) is 0. The lowest BCUT2D eigenvalue weighted by Crippen LogP contribution is -2.53. The molecule has 0 aliphatic carbocycles. The van der Waals surface area contributed by atoms with E-state index in [-0.39, 0.29) is 29.7 Å². The SMILES string of the molecule is Cc1cccc(N2CCN(S(=O)(=O)c3cc(C(=O)Nc4ccc(Cl)c(Cl)c4)ccc3F)C[C@H]2C)c1. The fraction of sp³-hybridized carbons (Fsp3) is 0.240. The second kappa shape index (κ2) is 10.1. The zero-order chi connectivity index (χ0) is 25.3. The van der Waals surface area contributed by atoms with Crippen LogP contribution < -0.4 is 10.2 Å².